The number of nitrogens with one attached hydrogen (secondary N) is 1. The Morgan fingerprint density at radius 1 is 1.25 bits per heavy atom. The Hall–Kier alpha value is -2.47. The maximum Gasteiger partial charge on any atom is 0.254 e. The third kappa shape index (κ3) is 2.97. The first kappa shape index (κ1) is 16.4. The molecule has 1 amide bonds. The molecule has 6 nitrogen and oxygen atoms in total. The van der Waals surface area contributed by atoms with Crippen molar-refractivity contribution in [2.75, 3.05) is 5.32 Å². The van der Waals surface area contributed by atoms with Crippen molar-refractivity contribution in [3.05, 3.63) is 52.3 Å². The summed E-state index contributed by atoms with van der Waals surface area (Å²) in [7, 11) is 0. The normalized spacial score (nSPS) is 12.3. The third-order valence-corrected chi connectivity index (χ3v) is 4.52. The number of hydrogen-bond acceptors (Lipinski definition) is 4. The van der Waals surface area contributed by atoms with Gasteiger partial charge in [-0.15, -0.1) is 5.10 Å². The highest BCUT2D eigenvalue weighted by atomic mass is 35.5. The van der Waals surface area contributed by atoms with Crippen LogP contribution in [0.4, 0.5) is 5.95 Å². The monoisotopic (exact) mass is 343 g/mol. The summed E-state index contributed by atoms with van der Waals surface area (Å²) in [6.45, 7) is 5.62. The zero-order valence-electron chi connectivity index (χ0n) is 13.7. The summed E-state index contributed by atoms with van der Waals surface area (Å²) in [6.07, 6.45) is 0.686. The molecule has 0 unspecified atom stereocenters. The lowest BCUT2D eigenvalue weighted by Crippen LogP contribution is -2.21. The van der Waals surface area contributed by atoms with E-state index < -0.39 is 0 Å². The second-order valence-electron chi connectivity index (χ2n) is 5.60. The Balaban J connectivity index is 1.89. The van der Waals surface area contributed by atoms with E-state index in [1.54, 1.807) is 0 Å². The maximum atomic E-state index is 12.6. The molecule has 0 spiro atoms. The molecule has 3 rings (SSSR count). The van der Waals surface area contributed by atoms with Crippen LogP contribution in [0, 0.1) is 13.8 Å². The first-order valence-corrected chi connectivity index (χ1v) is 8.14. The number of aryl methyl sites for hydroxylation is 2. The summed E-state index contributed by atoms with van der Waals surface area (Å²) >= 11 is 6.19. The molecule has 0 saturated heterocycles. The number of nitrogens with zero attached hydrogens (tertiary/aromatic N) is 4. The van der Waals surface area contributed by atoms with E-state index in [0.29, 0.717) is 22.9 Å². The van der Waals surface area contributed by atoms with Gasteiger partial charge < -0.3 is 0 Å². The maximum absolute atomic E-state index is 12.6. The number of hydrogen-bond donors (Lipinski definition) is 1. The number of carbonyl (C=O) groups excluding carboxylic acids is 1. The average Bonchev–Trinajstić information content (AvgIpc) is 2.97. The molecule has 0 bridgehead atoms. The molecule has 1 N–H and O–H groups in total. The SMILES string of the molecule is CC[C@@H](C(=O)Nc1nc2nc(C)c(Cl)c(C)n2n1)c1ccccc1. The van der Waals surface area contributed by atoms with Crippen molar-refractivity contribution < 1.29 is 4.79 Å². The van der Waals surface area contributed by atoms with Crippen LogP contribution in [0.3, 0.4) is 0 Å². The van der Waals surface area contributed by atoms with E-state index in [9.17, 15) is 4.79 Å². The van der Waals surface area contributed by atoms with Crippen molar-refractivity contribution >= 4 is 29.2 Å². The van der Waals surface area contributed by atoms with Crippen molar-refractivity contribution in [1.82, 2.24) is 19.6 Å². The van der Waals surface area contributed by atoms with Crippen molar-refractivity contribution in [1.29, 1.82) is 0 Å². The fourth-order valence-electron chi connectivity index (χ4n) is 2.66. The summed E-state index contributed by atoms with van der Waals surface area (Å²) in [5.74, 6) is 0.251. The largest absolute Gasteiger partial charge is 0.293 e. The molecular formula is C17H18ClN5O. The van der Waals surface area contributed by atoms with Crippen LogP contribution in [0.5, 0.6) is 0 Å². The molecule has 0 aliphatic rings. The fourth-order valence-corrected chi connectivity index (χ4v) is 2.79. The number of amides is 1. The molecule has 124 valence electrons. The van der Waals surface area contributed by atoms with Crippen LogP contribution in [-0.4, -0.2) is 25.5 Å². The number of carbonyl (C=O) groups is 1. The van der Waals surface area contributed by atoms with E-state index in [4.69, 9.17) is 11.6 Å². The van der Waals surface area contributed by atoms with E-state index in [-0.39, 0.29) is 17.8 Å². The molecule has 2 aromatic heterocycles. The highest BCUT2D eigenvalue weighted by Crippen LogP contribution is 2.22. The van der Waals surface area contributed by atoms with E-state index in [1.165, 1.54) is 4.52 Å². The smallest absolute Gasteiger partial charge is 0.254 e. The van der Waals surface area contributed by atoms with Gasteiger partial charge in [0.25, 0.3) is 11.7 Å². The van der Waals surface area contributed by atoms with Gasteiger partial charge in [0.2, 0.25) is 5.91 Å². The molecule has 0 aliphatic carbocycles. The van der Waals surface area contributed by atoms with Gasteiger partial charge in [-0.1, -0.05) is 48.9 Å². The molecule has 1 aromatic carbocycles. The predicted molar refractivity (Wildman–Crippen MR) is 93.4 cm³/mol. The quantitative estimate of drug-likeness (QED) is 0.786. The van der Waals surface area contributed by atoms with Gasteiger partial charge in [0.1, 0.15) is 0 Å². The summed E-state index contributed by atoms with van der Waals surface area (Å²) < 4.78 is 1.54. The zero-order chi connectivity index (χ0) is 17.3. The van der Waals surface area contributed by atoms with Crippen LogP contribution < -0.4 is 5.32 Å². The standard InChI is InChI=1S/C17H18ClN5O/c1-4-13(12-8-6-5-7-9-12)15(24)20-16-21-17-19-10(2)14(18)11(3)23(17)22-16/h5-9,13H,4H2,1-3H3,(H,20,22,24)/t13-/m1/s1. The first-order valence-electron chi connectivity index (χ1n) is 7.76. The Labute approximate surface area is 144 Å². The Morgan fingerprint density at radius 2 is 1.96 bits per heavy atom. The van der Waals surface area contributed by atoms with Crippen LogP contribution in [0.2, 0.25) is 5.02 Å². The van der Waals surface area contributed by atoms with Gasteiger partial charge in [-0.05, 0) is 25.8 Å². The highest BCUT2D eigenvalue weighted by molar-refractivity contribution is 6.31. The van der Waals surface area contributed by atoms with E-state index >= 15 is 0 Å². The number of anilines is 1. The molecule has 1 atom stereocenters. The van der Waals surface area contributed by atoms with Gasteiger partial charge in [0, 0.05) is 0 Å². The van der Waals surface area contributed by atoms with E-state index in [0.717, 1.165) is 11.3 Å². The Kier molecular flexibility index (Phi) is 4.49. The lowest BCUT2D eigenvalue weighted by Gasteiger charge is -2.13. The summed E-state index contributed by atoms with van der Waals surface area (Å²) in [5.41, 5.74) is 2.39. The second kappa shape index (κ2) is 6.57. The van der Waals surface area contributed by atoms with Crippen LogP contribution in [-0.2, 0) is 4.79 Å². The molecule has 24 heavy (non-hydrogen) atoms. The van der Waals surface area contributed by atoms with Gasteiger partial charge in [-0.3, -0.25) is 10.1 Å². The first-order chi connectivity index (χ1) is 11.5. The summed E-state index contributed by atoms with van der Waals surface area (Å²) in [6, 6.07) is 9.66. The minimum atomic E-state index is -0.253. The average molecular weight is 344 g/mol. The zero-order valence-corrected chi connectivity index (χ0v) is 14.5. The molecule has 3 aromatic rings. The van der Waals surface area contributed by atoms with Crippen molar-refractivity contribution in [2.45, 2.75) is 33.1 Å². The van der Waals surface area contributed by atoms with Crippen molar-refractivity contribution in [3.63, 3.8) is 0 Å². The minimum Gasteiger partial charge on any atom is -0.293 e. The predicted octanol–water partition coefficient (Wildman–Crippen LogP) is 3.53. The van der Waals surface area contributed by atoms with Crippen LogP contribution in [0.25, 0.3) is 5.78 Å². The topological polar surface area (TPSA) is 72.2 Å². The van der Waals surface area contributed by atoms with Gasteiger partial charge >= 0.3 is 0 Å². The Morgan fingerprint density at radius 3 is 2.62 bits per heavy atom. The van der Waals surface area contributed by atoms with Crippen molar-refractivity contribution in [3.8, 4) is 0 Å². The molecule has 0 saturated carbocycles. The molecule has 7 heteroatoms. The summed E-state index contributed by atoms with van der Waals surface area (Å²) in [4.78, 5) is 21.2. The van der Waals surface area contributed by atoms with Crippen molar-refractivity contribution in [2.24, 2.45) is 0 Å². The summed E-state index contributed by atoms with van der Waals surface area (Å²) in [5, 5.41) is 7.62. The number of rotatable bonds is 4. The van der Waals surface area contributed by atoms with Gasteiger partial charge in [0.15, 0.2) is 0 Å². The third-order valence-electron chi connectivity index (χ3n) is 3.97. The van der Waals surface area contributed by atoms with Gasteiger partial charge in [-0.25, -0.2) is 4.98 Å². The number of fused-ring (bicyclic) bond motifs is 1. The lowest BCUT2D eigenvalue weighted by molar-refractivity contribution is -0.117. The van der Waals surface area contributed by atoms with Crippen LogP contribution in [0.15, 0.2) is 30.3 Å². The molecule has 0 aliphatic heterocycles. The molecule has 0 fully saturated rings. The second-order valence-corrected chi connectivity index (χ2v) is 5.98. The van der Waals surface area contributed by atoms with Crippen LogP contribution >= 0.6 is 11.6 Å². The number of aromatic nitrogens is 4. The fraction of sp³-hybridized carbons (Fsp3) is 0.294. The Bertz CT molecular complexity index is 891. The minimum absolute atomic E-state index is 0.139. The van der Waals surface area contributed by atoms with Gasteiger partial charge in [0.05, 0.1) is 22.3 Å². The van der Waals surface area contributed by atoms with E-state index in [1.807, 2.05) is 51.1 Å². The lowest BCUT2D eigenvalue weighted by atomic mass is 9.96. The number of benzene rings is 1. The molecule has 2 heterocycles. The molecular weight excluding hydrogens is 326 g/mol. The highest BCUT2D eigenvalue weighted by Gasteiger charge is 2.21. The van der Waals surface area contributed by atoms with Gasteiger partial charge in [-0.2, -0.15) is 9.50 Å². The van der Waals surface area contributed by atoms with E-state index in [2.05, 4.69) is 20.4 Å². The number of halogens is 1. The van der Waals surface area contributed by atoms with Crippen LogP contribution in [0.1, 0.15) is 36.2 Å². The molecule has 0 radical (unpaired) electrons.